The van der Waals surface area contributed by atoms with E-state index in [2.05, 4.69) is 20.4 Å². The number of hydrogen-bond acceptors (Lipinski definition) is 9. The molecule has 3 heterocycles. The van der Waals surface area contributed by atoms with E-state index in [0.717, 1.165) is 6.26 Å². The molecule has 0 radical (unpaired) electrons. The highest BCUT2D eigenvalue weighted by Gasteiger charge is 2.25. The molecule has 3 rings (SSSR count). The highest BCUT2D eigenvalue weighted by atomic mass is 16.6. The Morgan fingerprint density at radius 2 is 2.03 bits per heavy atom. The van der Waals surface area contributed by atoms with Crippen LogP contribution in [0.5, 0.6) is 0 Å². The van der Waals surface area contributed by atoms with Crippen molar-refractivity contribution in [3.8, 4) is 11.5 Å². The molecular weight excluding hydrogens is 470 g/mol. The second-order valence-electron chi connectivity index (χ2n) is 8.95. The van der Waals surface area contributed by atoms with Crippen molar-refractivity contribution in [3.63, 3.8) is 0 Å². The van der Waals surface area contributed by atoms with Crippen LogP contribution >= 0.6 is 0 Å². The van der Waals surface area contributed by atoms with E-state index in [-0.39, 0.29) is 35.5 Å². The van der Waals surface area contributed by atoms with Gasteiger partial charge >= 0.3 is 12.1 Å². The smallest absolute Gasteiger partial charge is 0.416 e. The molecule has 13 heteroatoms. The van der Waals surface area contributed by atoms with Crippen molar-refractivity contribution in [3.05, 3.63) is 42.2 Å². The van der Waals surface area contributed by atoms with E-state index < -0.39 is 17.7 Å². The lowest BCUT2D eigenvalue weighted by Crippen LogP contribution is -2.38. The Balaban J connectivity index is 1.68. The minimum Gasteiger partial charge on any atom is -0.476 e. The molecule has 3 aromatic rings. The van der Waals surface area contributed by atoms with Gasteiger partial charge in [0.05, 0.1) is 5.69 Å². The number of pyridine rings is 1. The number of aryl methyl sites for hydroxylation is 1. The summed E-state index contributed by atoms with van der Waals surface area (Å²) in [6, 6.07) is 3.15. The Bertz CT molecular complexity index is 1240. The van der Waals surface area contributed by atoms with Gasteiger partial charge in [-0.25, -0.2) is 19.6 Å². The second-order valence-corrected chi connectivity index (χ2v) is 8.95. The van der Waals surface area contributed by atoms with Crippen molar-refractivity contribution in [1.82, 2.24) is 25.1 Å². The number of carboxylic acids is 1. The van der Waals surface area contributed by atoms with Gasteiger partial charge in [-0.2, -0.15) is 5.10 Å². The van der Waals surface area contributed by atoms with Gasteiger partial charge in [-0.3, -0.25) is 14.4 Å². The molecule has 0 atom stereocenters. The number of nitrogens with two attached hydrogens (primary N) is 1. The van der Waals surface area contributed by atoms with Gasteiger partial charge in [0, 0.05) is 38.1 Å². The Morgan fingerprint density at radius 3 is 2.64 bits per heavy atom. The Labute approximate surface area is 207 Å². The van der Waals surface area contributed by atoms with Gasteiger partial charge in [-0.05, 0) is 45.7 Å². The third kappa shape index (κ3) is 6.81. The fraction of sp³-hybridized carbons (Fsp3) is 0.391. The molecule has 4 N–H and O–H groups in total. The summed E-state index contributed by atoms with van der Waals surface area (Å²) in [6.45, 7) is 5.86. The molecule has 0 aromatic carbocycles. The standard InChI is InChI=1S/C23H29N7O6/c1-23(2,3)36-22(34)30(10-6-5-8-26-19(31)18-15(24)12-29(4)28-18)17-11-14(7-9-25-17)20-27-16(13-35-20)21(32)33/h7,9,11-13H,5-6,8,10,24H2,1-4H3,(H,26,31)(H,32,33). The second kappa shape index (κ2) is 10.9. The maximum Gasteiger partial charge on any atom is 0.416 e. The maximum atomic E-state index is 13.0. The monoisotopic (exact) mass is 499 g/mol. The highest BCUT2D eigenvalue weighted by Crippen LogP contribution is 2.24. The van der Waals surface area contributed by atoms with Crippen molar-refractivity contribution in [2.75, 3.05) is 23.7 Å². The van der Waals surface area contributed by atoms with Crippen LogP contribution in [0, 0.1) is 0 Å². The van der Waals surface area contributed by atoms with Gasteiger partial charge in [-0.15, -0.1) is 0 Å². The van der Waals surface area contributed by atoms with Gasteiger partial charge in [-0.1, -0.05) is 0 Å². The normalized spacial score (nSPS) is 11.2. The lowest BCUT2D eigenvalue weighted by Gasteiger charge is -2.27. The van der Waals surface area contributed by atoms with E-state index >= 15 is 0 Å². The van der Waals surface area contributed by atoms with Gasteiger partial charge in [0.25, 0.3) is 5.91 Å². The number of carbonyl (C=O) groups excluding carboxylic acids is 2. The number of amides is 2. The number of carboxylic acid groups (broad SMARTS) is 1. The Morgan fingerprint density at radius 1 is 1.28 bits per heavy atom. The molecule has 0 saturated heterocycles. The predicted molar refractivity (Wildman–Crippen MR) is 129 cm³/mol. The lowest BCUT2D eigenvalue weighted by molar-refractivity contribution is 0.0577. The third-order valence-electron chi connectivity index (χ3n) is 4.77. The summed E-state index contributed by atoms with van der Waals surface area (Å²) in [5.74, 6) is -1.23. The Hall–Kier alpha value is -4.42. The van der Waals surface area contributed by atoms with E-state index in [1.165, 1.54) is 15.8 Å². The number of oxazole rings is 1. The number of nitrogen functional groups attached to an aromatic ring is 1. The van der Waals surface area contributed by atoms with E-state index in [1.807, 2.05) is 0 Å². The molecule has 13 nitrogen and oxygen atoms in total. The summed E-state index contributed by atoms with van der Waals surface area (Å²) in [5, 5.41) is 15.9. The van der Waals surface area contributed by atoms with Crippen LogP contribution in [0.4, 0.5) is 16.3 Å². The van der Waals surface area contributed by atoms with Crippen LogP contribution in [0.1, 0.15) is 54.6 Å². The largest absolute Gasteiger partial charge is 0.476 e. The number of anilines is 2. The summed E-state index contributed by atoms with van der Waals surface area (Å²) < 4.78 is 12.3. The molecular formula is C23H29N7O6. The zero-order chi connectivity index (χ0) is 26.5. The quantitative estimate of drug-likeness (QED) is 0.371. The summed E-state index contributed by atoms with van der Waals surface area (Å²) in [6.07, 6.45) is 4.52. The molecule has 0 unspecified atom stereocenters. The number of unbranched alkanes of at least 4 members (excludes halogenated alkanes) is 1. The maximum absolute atomic E-state index is 13.0. The molecule has 0 spiro atoms. The zero-order valence-electron chi connectivity index (χ0n) is 20.5. The molecule has 0 bridgehead atoms. The molecule has 2 amide bonds. The van der Waals surface area contributed by atoms with Gasteiger partial charge in [0.15, 0.2) is 11.4 Å². The van der Waals surface area contributed by atoms with E-state index in [0.29, 0.717) is 30.6 Å². The van der Waals surface area contributed by atoms with E-state index in [4.69, 9.17) is 20.0 Å². The average Bonchev–Trinajstić information content (AvgIpc) is 3.41. The Kier molecular flexibility index (Phi) is 7.92. The summed E-state index contributed by atoms with van der Waals surface area (Å²) in [4.78, 5) is 45.9. The minimum atomic E-state index is -1.22. The van der Waals surface area contributed by atoms with Crippen LogP contribution in [-0.2, 0) is 11.8 Å². The van der Waals surface area contributed by atoms with Crippen LogP contribution in [0.25, 0.3) is 11.5 Å². The van der Waals surface area contributed by atoms with Gasteiger partial charge in [0.1, 0.15) is 17.7 Å². The number of hydrogen-bond donors (Lipinski definition) is 3. The van der Waals surface area contributed by atoms with Gasteiger partial charge in [0.2, 0.25) is 5.89 Å². The van der Waals surface area contributed by atoms with E-state index in [1.54, 1.807) is 46.1 Å². The van der Waals surface area contributed by atoms with Crippen LogP contribution in [0.15, 0.2) is 35.2 Å². The van der Waals surface area contributed by atoms with Crippen molar-refractivity contribution in [2.24, 2.45) is 7.05 Å². The number of aromatic nitrogens is 4. The lowest BCUT2D eigenvalue weighted by atomic mass is 10.2. The van der Waals surface area contributed by atoms with E-state index in [9.17, 15) is 14.4 Å². The number of carbonyl (C=O) groups is 3. The van der Waals surface area contributed by atoms with Crippen LogP contribution in [0.3, 0.4) is 0 Å². The molecule has 3 aromatic heterocycles. The third-order valence-corrected chi connectivity index (χ3v) is 4.77. The number of rotatable bonds is 9. The molecule has 0 aliphatic carbocycles. The van der Waals surface area contributed by atoms with Crippen molar-refractivity contribution in [1.29, 1.82) is 0 Å². The zero-order valence-corrected chi connectivity index (χ0v) is 20.5. The first-order valence-electron chi connectivity index (χ1n) is 11.2. The predicted octanol–water partition coefficient (Wildman–Crippen LogP) is 2.70. The number of aromatic carboxylic acids is 1. The summed E-state index contributed by atoms with van der Waals surface area (Å²) >= 11 is 0. The number of nitrogens with zero attached hydrogens (tertiary/aromatic N) is 5. The van der Waals surface area contributed by atoms with Crippen molar-refractivity contribution in [2.45, 2.75) is 39.2 Å². The minimum absolute atomic E-state index is 0.0803. The summed E-state index contributed by atoms with van der Waals surface area (Å²) in [7, 11) is 1.68. The van der Waals surface area contributed by atoms with Crippen LogP contribution < -0.4 is 16.0 Å². The molecule has 192 valence electrons. The van der Waals surface area contributed by atoms with Gasteiger partial charge < -0.3 is 25.3 Å². The first-order valence-corrected chi connectivity index (χ1v) is 11.2. The van der Waals surface area contributed by atoms with Crippen molar-refractivity contribution < 1.29 is 28.6 Å². The molecule has 0 aliphatic rings. The van der Waals surface area contributed by atoms with Crippen LogP contribution in [0.2, 0.25) is 0 Å². The fourth-order valence-corrected chi connectivity index (χ4v) is 3.18. The molecule has 0 fully saturated rings. The first kappa shape index (κ1) is 26.2. The number of ether oxygens (including phenoxy) is 1. The molecule has 0 aliphatic heterocycles. The topological polar surface area (TPSA) is 179 Å². The van der Waals surface area contributed by atoms with Crippen molar-refractivity contribution >= 4 is 29.5 Å². The summed E-state index contributed by atoms with van der Waals surface area (Å²) in [5.41, 5.74) is 5.71. The fourth-order valence-electron chi connectivity index (χ4n) is 3.18. The SMILES string of the molecule is Cn1cc(N)c(C(=O)NCCCCN(C(=O)OC(C)(C)C)c2cc(-c3nc(C(=O)O)co3)ccn2)n1. The molecule has 36 heavy (non-hydrogen) atoms. The average molecular weight is 500 g/mol. The highest BCUT2D eigenvalue weighted by molar-refractivity contribution is 5.97. The first-order chi connectivity index (χ1) is 16.9. The molecule has 0 saturated carbocycles. The van der Waals surface area contributed by atoms with Crippen LogP contribution in [-0.4, -0.2) is 61.5 Å². The number of nitrogens with one attached hydrogen (secondary N) is 1.